The predicted octanol–water partition coefficient (Wildman–Crippen LogP) is 3.61. The minimum absolute atomic E-state index is 0.351. The number of nitrogens with zero attached hydrogens (tertiary/aromatic N) is 2. The summed E-state index contributed by atoms with van der Waals surface area (Å²) >= 11 is 4.98. The highest BCUT2D eigenvalue weighted by Gasteiger charge is 2.13. The zero-order valence-electron chi connectivity index (χ0n) is 7.84. The van der Waals surface area contributed by atoms with E-state index in [4.69, 9.17) is 11.6 Å². The van der Waals surface area contributed by atoms with E-state index < -0.39 is 11.2 Å². The third kappa shape index (κ3) is 1.61. The van der Waals surface area contributed by atoms with E-state index >= 15 is 0 Å². The van der Waals surface area contributed by atoms with Crippen molar-refractivity contribution in [2.24, 2.45) is 0 Å². The van der Waals surface area contributed by atoms with E-state index in [2.05, 4.69) is 4.98 Å². The third-order valence-electron chi connectivity index (χ3n) is 2.08. The lowest BCUT2D eigenvalue weighted by Crippen LogP contribution is -1.95. The molecule has 2 rings (SSSR count). The molecule has 15 heavy (non-hydrogen) atoms. The van der Waals surface area contributed by atoms with Crippen LogP contribution in [0.25, 0.3) is 17.0 Å². The van der Waals surface area contributed by atoms with Crippen molar-refractivity contribution in [1.29, 1.82) is 0 Å². The highest BCUT2D eigenvalue weighted by atomic mass is 35.5. The highest BCUT2D eigenvalue weighted by molar-refractivity contribution is 6.30. The van der Waals surface area contributed by atoms with Gasteiger partial charge in [-0.05, 0) is 30.7 Å². The fourth-order valence-electron chi connectivity index (χ4n) is 1.48. The van der Waals surface area contributed by atoms with Crippen LogP contribution in [-0.4, -0.2) is 9.55 Å². The number of hydrogen-bond donors (Lipinski definition) is 0. The number of imidazole rings is 1. The van der Waals surface area contributed by atoms with Gasteiger partial charge in [-0.15, -0.1) is 0 Å². The van der Waals surface area contributed by atoms with Crippen LogP contribution in [0.4, 0.5) is 8.78 Å². The molecule has 2 aromatic rings. The van der Waals surface area contributed by atoms with E-state index in [-0.39, 0.29) is 0 Å². The van der Waals surface area contributed by atoms with Crippen LogP contribution < -0.4 is 0 Å². The first-order chi connectivity index (χ1) is 7.11. The number of rotatable bonds is 1. The molecule has 0 bridgehead atoms. The van der Waals surface area contributed by atoms with Crippen molar-refractivity contribution >= 4 is 28.6 Å². The van der Waals surface area contributed by atoms with E-state index in [0.29, 0.717) is 16.9 Å². The average molecular weight is 229 g/mol. The van der Waals surface area contributed by atoms with Gasteiger partial charge in [-0.2, -0.15) is 8.78 Å². The summed E-state index contributed by atoms with van der Waals surface area (Å²) in [7, 11) is 0. The fourth-order valence-corrected chi connectivity index (χ4v) is 1.56. The van der Waals surface area contributed by atoms with E-state index in [1.54, 1.807) is 31.2 Å². The van der Waals surface area contributed by atoms with Crippen molar-refractivity contribution in [2.75, 3.05) is 0 Å². The molecule has 0 amide bonds. The van der Waals surface area contributed by atoms with Gasteiger partial charge in [0.25, 0.3) is 0 Å². The maximum absolute atomic E-state index is 13.4. The number of benzene rings is 1. The van der Waals surface area contributed by atoms with Crippen LogP contribution in [0, 0.1) is 6.92 Å². The summed E-state index contributed by atoms with van der Waals surface area (Å²) in [5.74, 6) is -0.785. The Balaban J connectivity index is 2.81. The van der Waals surface area contributed by atoms with Gasteiger partial charge >= 0.3 is 0 Å². The van der Waals surface area contributed by atoms with Crippen molar-refractivity contribution in [3.8, 4) is 0 Å². The molecule has 0 unspecified atom stereocenters. The number of para-hydroxylation sites is 2. The minimum atomic E-state index is -1.37. The van der Waals surface area contributed by atoms with Crippen molar-refractivity contribution in [3.63, 3.8) is 0 Å². The first-order valence-electron chi connectivity index (χ1n) is 4.26. The van der Waals surface area contributed by atoms with Crippen LogP contribution in [0.3, 0.4) is 0 Å². The highest BCUT2D eigenvalue weighted by Crippen LogP contribution is 2.25. The second kappa shape index (κ2) is 3.62. The third-order valence-corrected chi connectivity index (χ3v) is 2.24. The second-order valence-electron chi connectivity index (χ2n) is 3.03. The number of halogens is 3. The SMILES string of the molecule is Cc1nc2ccccc2n1C(F)=C(F)Cl. The van der Waals surface area contributed by atoms with Gasteiger partial charge in [-0.25, -0.2) is 4.98 Å². The molecule has 0 spiro atoms. The molecule has 2 nitrogen and oxygen atoms in total. The maximum atomic E-state index is 13.4. The van der Waals surface area contributed by atoms with Gasteiger partial charge < -0.3 is 0 Å². The molecular weight excluding hydrogens is 222 g/mol. The summed E-state index contributed by atoms with van der Waals surface area (Å²) in [5.41, 5.74) is 1.09. The molecule has 0 atom stereocenters. The predicted molar refractivity (Wildman–Crippen MR) is 55.8 cm³/mol. The molecule has 1 heterocycles. The lowest BCUT2D eigenvalue weighted by Gasteiger charge is -2.01. The topological polar surface area (TPSA) is 17.8 Å². The average Bonchev–Trinajstić information content (AvgIpc) is 2.52. The quantitative estimate of drug-likeness (QED) is 0.729. The standard InChI is InChI=1S/C10H7ClF2N2/c1-6-14-7-4-2-3-5-8(7)15(6)10(13)9(11)12/h2-5H,1H3. The number of hydrogen-bond acceptors (Lipinski definition) is 1. The smallest absolute Gasteiger partial charge is 0.247 e. The van der Waals surface area contributed by atoms with Gasteiger partial charge in [0, 0.05) is 0 Å². The van der Waals surface area contributed by atoms with Crippen LogP contribution in [-0.2, 0) is 0 Å². The Hall–Kier alpha value is -1.42. The lowest BCUT2D eigenvalue weighted by atomic mass is 10.3. The van der Waals surface area contributed by atoms with Crippen molar-refractivity contribution in [3.05, 3.63) is 35.4 Å². The van der Waals surface area contributed by atoms with Gasteiger partial charge in [0.05, 0.1) is 11.0 Å². The molecule has 5 heteroatoms. The van der Waals surface area contributed by atoms with Crippen LogP contribution in [0.15, 0.2) is 29.6 Å². The van der Waals surface area contributed by atoms with Gasteiger partial charge in [-0.1, -0.05) is 12.1 Å². The molecule has 0 aliphatic rings. The zero-order chi connectivity index (χ0) is 11.0. The normalized spacial score (nSPS) is 13.1. The summed E-state index contributed by atoms with van der Waals surface area (Å²) in [4.78, 5) is 4.08. The molecular formula is C10H7ClF2N2. The Morgan fingerprint density at radius 2 is 2.00 bits per heavy atom. The summed E-state index contributed by atoms with van der Waals surface area (Å²) in [6.45, 7) is 1.58. The van der Waals surface area contributed by atoms with Gasteiger partial charge in [0.15, 0.2) is 0 Å². The van der Waals surface area contributed by atoms with Gasteiger partial charge in [0.1, 0.15) is 5.82 Å². The molecule has 0 saturated carbocycles. The molecule has 0 fully saturated rings. The van der Waals surface area contributed by atoms with Crippen LogP contribution in [0.1, 0.15) is 5.82 Å². The minimum Gasteiger partial charge on any atom is -0.269 e. The lowest BCUT2D eigenvalue weighted by molar-refractivity contribution is 0.613. The summed E-state index contributed by atoms with van der Waals surface area (Å²) in [5, 5.41) is -1.37. The largest absolute Gasteiger partial charge is 0.269 e. The van der Waals surface area contributed by atoms with E-state index in [1.807, 2.05) is 0 Å². The summed E-state index contributed by atoms with van der Waals surface area (Å²) < 4.78 is 27.0. The van der Waals surface area contributed by atoms with Crippen molar-refractivity contribution in [2.45, 2.75) is 6.92 Å². The van der Waals surface area contributed by atoms with E-state index in [1.165, 1.54) is 0 Å². The van der Waals surface area contributed by atoms with E-state index in [0.717, 1.165) is 4.57 Å². The Morgan fingerprint density at radius 1 is 1.33 bits per heavy atom. The molecule has 0 N–H and O–H groups in total. The first-order valence-corrected chi connectivity index (χ1v) is 4.64. The van der Waals surface area contributed by atoms with Gasteiger partial charge in [0.2, 0.25) is 11.2 Å². The Morgan fingerprint density at radius 3 is 2.67 bits per heavy atom. The number of aromatic nitrogens is 2. The molecule has 0 aliphatic carbocycles. The van der Waals surface area contributed by atoms with Crippen molar-refractivity contribution < 1.29 is 8.78 Å². The Kier molecular flexibility index (Phi) is 2.44. The number of fused-ring (bicyclic) bond motifs is 1. The van der Waals surface area contributed by atoms with Gasteiger partial charge in [-0.3, -0.25) is 4.57 Å². The fraction of sp³-hybridized carbons (Fsp3) is 0.100. The second-order valence-corrected chi connectivity index (χ2v) is 3.37. The molecule has 1 aromatic heterocycles. The monoisotopic (exact) mass is 228 g/mol. The molecule has 0 aliphatic heterocycles. The molecule has 0 radical (unpaired) electrons. The molecule has 0 saturated heterocycles. The summed E-state index contributed by atoms with van der Waals surface area (Å²) in [6.07, 6.45) is 0. The van der Waals surface area contributed by atoms with Crippen LogP contribution in [0.2, 0.25) is 0 Å². The Bertz CT molecular complexity index is 541. The molecule has 1 aromatic carbocycles. The van der Waals surface area contributed by atoms with Crippen LogP contribution in [0.5, 0.6) is 0 Å². The maximum Gasteiger partial charge on any atom is 0.247 e. The van der Waals surface area contributed by atoms with Crippen molar-refractivity contribution in [1.82, 2.24) is 9.55 Å². The van der Waals surface area contributed by atoms with E-state index in [9.17, 15) is 8.78 Å². The summed E-state index contributed by atoms with van der Waals surface area (Å²) in [6, 6.07) is 6.87. The Labute approximate surface area is 89.8 Å². The zero-order valence-corrected chi connectivity index (χ0v) is 8.59. The first kappa shape index (κ1) is 10.1. The number of aryl methyl sites for hydroxylation is 1. The van der Waals surface area contributed by atoms with Crippen LogP contribution >= 0.6 is 11.6 Å². The molecule has 78 valence electrons.